The molecule has 2 aromatic carbocycles. The van der Waals surface area contributed by atoms with Gasteiger partial charge in [0.15, 0.2) is 0 Å². The predicted octanol–water partition coefficient (Wildman–Crippen LogP) is 5.07. The molecule has 2 aromatic heterocycles. The van der Waals surface area contributed by atoms with E-state index in [4.69, 9.17) is 4.74 Å². The van der Waals surface area contributed by atoms with Crippen LogP contribution in [-0.4, -0.2) is 21.0 Å². The van der Waals surface area contributed by atoms with Crippen LogP contribution in [0.4, 0.5) is 0 Å². The second-order valence-electron chi connectivity index (χ2n) is 7.66. The van der Waals surface area contributed by atoms with Gasteiger partial charge < -0.3 is 9.30 Å². The van der Waals surface area contributed by atoms with Crippen LogP contribution in [0.2, 0.25) is 0 Å². The van der Waals surface area contributed by atoms with E-state index in [1.165, 1.54) is 16.8 Å². The number of nitrogens with zero attached hydrogens (tertiary/aromatic N) is 3. The summed E-state index contributed by atoms with van der Waals surface area (Å²) in [7, 11) is 0. The van der Waals surface area contributed by atoms with Crippen LogP contribution in [0.3, 0.4) is 0 Å². The van der Waals surface area contributed by atoms with E-state index >= 15 is 0 Å². The van der Waals surface area contributed by atoms with Crippen molar-refractivity contribution in [1.29, 1.82) is 0 Å². The summed E-state index contributed by atoms with van der Waals surface area (Å²) in [5.41, 5.74) is 4.93. The molecule has 0 radical (unpaired) electrons. The van der Waals surface area contributed by atoms with E-state index in [9.17, 15) is 0 Å². The number of pyridine rings is 1. The van der Waals surface area contributed by atoms with Crippen LogP contribution in [0.5, 0.6) is 5.75 Å². The highest BCUT2D eigenvalue weighted by Gasteiger charge is 2.28. The molecule has 4 aromatic rings. The van der Waals surface area contributed by atoms with Gasteiger partial charge in [-0.15, -0.1) is 0 Å². The lowest BCUT2D eigenvalue weighted by molar-refractivity contribution is 0.174. The maximum atomic E-state index is 5.88. The summed E-state index contributed by atoms with van der Waals surface area (Å²) in [4.78, 5) is 6.87. The molecule has 4 nitrogen and oxygen atoms in total. The summed E-state index contributed by atoms with van der Waals surface area (Å²) in [6.07, 6.45) is 3.98. The molecule has 150 valence electrons. The molecule has 0 aliphatic carbocycles. The van der Waals surface area contributed by atoms with Crippen molar-refractivity contribution in [3.8, 4) is 5.75 Å². The van der Waals surface area contributed by atoms with E-state index in [1.54, 1.807) is 6.20 Å². The summed E-state index contributed by atoms with van der Waals surface area (Å²) in [5, 5.41) is 0. The van der Waals surface area contributed by atoms with Crippen molar-refractivity contribution in [2.45, 2.75) is 25.7 Å². The van der Waals surface area contributed by atoms with Crippen LogP contribution in [0.25, 0.3) is 0 Å². The quantitative estimate of drug-likeness (QED) is 0.457. The number of benzene rings is 2. The summed E-state index contributed by atoms with van der Waals surface area (Å²) in [6, 6.07) is 29.8. The number of hydrogen-bond donors (Lipinski definition) is 0. The first-order valence-electron chi connectivity index (χ1n) is 10.4. The Morgan fingerprint density at radius 3 is 2.47 bits per heavy atom. The highest BCUT2D eigenvalue weighted by Crippen LogP contribution is 2.33. The summed E-state index contributed by atoms with van der Waals surface area (Å²) in [6.45, 7) is 3.45. The van der Waals surface area contributed by atoms with Gasteiger partial charge in [0.05, 0.1) is 11.7 Å². The minimum Gasteiger partial charge on any atom is -0.487 e. The second kappa shape index (κ2) is 8.56. The molecule has 1 atom stereocenters. The number of rotatable bonds is 6. The van der Waals surface area contributed by atoms with Gasteiger partial charge in [0.25, 0.3) is 0 Å². The van der Waals surface area contributed by atoms with E-state index in [0.717, 1.165) is 31.1 Å². The molecule has 1 aliphatic rings. The third-order valence-corrected chi connectivity index (χ3v) is 5.68. The zero-order valence-electron chi connectivity index (χ0n) is 16.9. The van der Waals surface area contributed by atoms with Crippen molar-refractivity contribution < 1.29 is 4.74 Å². The Balaban J connectivity index is 1.31. The number of ether oxygens (including phenoxy) is 1. The van der Waals surface area contributed by atoms with Crippen LogP contribution in [0.15, 0.2) is 97.3 Å². The van der Waals surface area contributed by atoms with E-state index in [1.807, 2.05) is 18.2 Å². The Bertz CT molecular complexity index is 1070. The Morgan fingerprint density at radius 2 is 1.67 bits per heavy atom. The number of fused-ring (bicyclic) bond motifs is 1. The molecular weight excluding hydrogens is 370 g/mol. The van der Waals surface area contributed by atoms with Gasteiger partial charge in [0.2, 0.25) is 0 Å². The van der Waals surface area contributed by atoms with Gasteiger partial charge in [-0.25, -0.2) is 0 Å². The highest BCUT2D eigenvalue weighted by atomic mass is 16.5. The number of hydrogen-bond acceptors (Lipinski definition) is 3. The molecule has 1 aliphatic heterocycles. The fourth-order valence-corrected chi connectivity index (χ4v) is 4.19. The molecule has 5 rings (SSSR count). The molecule has 0 saturated carbocycles. The molecular formula is C26H25N3O. The average Bonchev–Trinajstić information content (AvgIpc) is 3.29. The minimum absolute atomic E-state index is 0.273. The van der Waals surface area contributed by atoms with Gasteiger partial charge in [-0.05, 0) is 47.5 Å². The molecule has 30 heavy (non-hydrogen) atoms. The van der Waals surface area contributed by atoms with Gasteiger partial charge in [0.1, 0.15) is 12.4 Å². The fraction of sp³-hybridized carbons (Fsp3) is 0.192. The van der Waals surface area contributed by atoms with E-state index < -0.39 is 0 Å². The normalized spacial score (nSPS) is 16.2. The van der Waals surface area contributed by atoms with Gasteiger partial charge >= 0.3 is 0 Å². The minimum atomic E-state index is 0.273. The van der Waals surface area contributed by atoms with Crippen LogP contribution in [0, 0.1) is 0 Å². The molecule has 1 unspecified atom stereocenters. The maximum absolute atomic E-state index is 5.88. The summed E-state index contributed by atoms with van der Waals surface area (Å²) in [5.74, 6) is 0.872. The molecule has 0 saturated heterocycles. The van der Waals surface area contributed by atoms with E-state index in [-0.39, 0.29) is 6.04 Å². The Kier molecular flexibility index (Phi) is 5.32. The maximum Gasteiger partial charge on any atom is 0.130 e. The average molecular weight is 396 g/mol. The first-order chi connectivity index (χ1) is 14.9. The first kappa shape index (κ1) is 18.6. The van der Waals surface area contributed by atoms with Crippen LogP contribution >= 0.6 is 0 Å². The molecule has 0 N–H and O–H groups in total. The zero-order valence-corrected chi connectivity index (χ0v) is 16.9. The van der Waals surface area contributed by atoms with Crippen molar-refractivity contribution in [3.63, 3.8) is 0 Å². The van der Waals surface area contributed by atoms with Crippen LogP contribution < -0.4 is 4.74 Å². The largest absolute Gasteiger partial charge is 0.487 e. The monoisotopic (exact) mass is 395 g/mol. The third kappa shape index (κ3) is 4.00. The molecule has 3 heterocycles. The third-order valence-electron chi connectivity index (χ3n) is 5.68. The second-order valence-corrected chi connectivity index (χ2v) is 7.66. The van der Waals surface area contributed by atoms with Gasteiger partial charge in [-0.3, -0.25) is 9.88 Å². The molecule has 0 bridgehead atoms. The lowest BCUT2D eigenvalue weighted by atomic mass is 9.99. The smallest absolute Gasteiger partial charge is 0.130 e. The molecule has 0 amide bonds. The topological polar surface area (TPSA) is 30.3 Å². The van der Waals surface area contributed by atoms with Crippen LogP contribution in [-0.2, 0) is 19.7 Å². The van der Waals surface area contributed by atoms with Gasteiger partial charge in [-0.1, -0.05) is 48.5 Å². The highest BCUT2D eigenvalue weighted by molar-refractivity contribution is 5.32. The Hall–Kier alpha value is -3.37. The lowest BCUT2D eigenvalue weighted by Crippen LogP contribution is -2.37. The van der Waals surface area contributed by atoms with Crippen molar-refractivity contribution in [2.75, 3.05) is 6.54 Å². The van der Waals surface area contributed by atoms with Crippen molar-refractivity contribution in [3.05, 3.63) is 120 Å². The Morgan fingerprint density at radius 1 is 0.833 bits per heavy atom. The number of aromatic nitrogens is 2. The van der Waals surface area contributed by atoms with Crippen molar-refractivity contribution >= 4 is 0 Å². The van der Waals surface area contributed by atoms with E-state index in [0.29, 0.717) is 6.61 Å². The Labute approximate surface area is 177 Å². The summed E-state index contributed by atoms with van der Waals surface area (Å²) >= 11 is 0. The van der Waals surface area contributed by atoms with Crippen molar-refractivity contribution in [2.24, 2.45) is 0 Å². The van der Waals surface area contributed by atoms with Crippen LogP contribution in [0.1, 0.15) is 28.6 Å². The molecule has 0 fully saturated rings. The fourth-order valence-electron chi connectivity index (χ4n) is 4.19. The zero-order chi connectivity index (χ0) is 20.2. The standard InChI is InChI=1S/C26H25N3O/c1-2-7-22(8-3-1)26-25-10-6-16-28(25)17-18-29(26)19-21-11-13-24(14-12-21)30-20-23-9-4-5-15-27-23/h1-16,26H,17-20H2. The lowest BCUT2D eigenvalue weighted by Gasteiger charge is -2.37. The van der Waals surface area contributed by atoms with Gasteiger partial charge in [-0.2, -0.15) is 0 Å². The summed E-state index contributed by atoms with van der Waals surface area (Å²) < 4.78 is 8.26. The molecule has 4 heteroatoms. The van der Waals surface area contributed by atoms with Gasteiger partial charge in [0, 0.05) is 37.7 Å². The predicted molar refractivity (Wildman–Crippen MR) is 118 cm³/mol. The molecule has 0 spiro atoms. The first-order valence-corrected chi connectivity index (χ1v) is 10.4. The SMILES string of the molecule is c1ccc(C2c3cccn3CCN2Cc2ccc(OCc3ccccn3)cc2)cc1. The van der Waals surface area contributed by atoms with E-state index in [2.05, 4.69) is 87.4 Å². The van der Waals surface area contributed by atoms with Crippen molar-refractivity contribution in [1.82, 2.24) is 14.5 Å².